The van der Waals surface area contributed by atoms with Crippen LogP contribution in [-0.2, 0) is 24.1 Å². The van der Waals surface area contributed by atoms with Crippen LogP contribution in [0.25, 0.3) is 11.2 Å². The van der Waals surface area contributed by atoms with E-state index in [1.54, 1.807) is 0 Å². The Labute approximate surface area is 196 Å². The molecule has 1 fully saturated rings. The summed E-state index contributed by atoms with van der Waals surface area (Å²) < 4.78 is 21.9. The Bertz CT molecular complexity index is 1240. The van der Waals surface area contributed by atoms with E-state index >= 15 is 0 Å². The van der Waals surface area contributed by atoms with Crippen LogP contribution in [0.15, 0.2) is 67.0 Å². The number of aliphatic hydroxyl groups excluding tert-OH is 2. The van der Waals surface area contributed by atoms with Crippen molar-refractivity contribution in [2.24, 2.45) is 0 Å². The molecule has 0 bridgehead atoms. The molecular formula is C25H26FN5O3. The van der Waals surface area contributed by atoms with Gasteiger partial charge in [0, 0.05) is 13.0 Å². The standard InChI is InChI=1S/C25H26FN5O3/c26-20-22(33)18(14-32)34-25(20)31-15-28-21-23(27-13-17-9-5-2-6-10-17)29-19(30-24(21)31)12-11-16-7-3-1-4-8-16/h1-10,15,18,20,22,25,32-33H,11-14H2,(H,27,29,30)/t18-,20+,22-,25-/m1/s1. The maximum Gasteiger partial charge on any atom is 0.173 e. The smallest absolute Gasteiger partial charge is 0.173 e. The van der Waals surface area contributed by atoms with Gasteiger partial charge in [0.05, 0.1) is 12.9 Å². The van der Waals surface area contributed by atoms with Crippen molar-refractivity contribution in [2.45, 2.75) is 44.0 Å². The van der Waals surface area contributed by atoms with Crippen molar-refractivity contribution in [1.29, 1.82) is 0 Å². The van der Waals surface area contributed by atoms with Crippen LogP contribution >= 0.6 is 0 Å². The van der Waals surface area contributed by atoms with E-state index in [9.17, 15) is 14.6 Å². The van der Waals surface area contributed by atoms with Gasteiger partial charge in [-0.2, -0.15) is 0 Å². The van der Waals surface area contributed by atoms with Crippen LogP contribution in [0.5, 0.6) is 0 Å². The van der Waals surface area contributed by atoms with Crippen LogP contribution in [0, 0.1) is 0 Å². The second-order valence-corrected chi connectivity index (χ2v) is 8.32. The summed E-state index contributed by atoms with van der Waals surface area (Å²) in [5, 5.41) is 22.8. The Kier molecular flexibility index (Phi) is 6.48. The van der Waals surface area contributed by atoms with Gasteiger partial charge in [0.2, 0.25) is 0 Å². The first-order valence-electron chi connectivity index (χ1n) is 11.3. The van der Waals surface area contributed by atoms with Gasteiger partial charge < -0.3 is 20.3 Å². The van der Waals surface area contributed by atoms with E-state index in [2.05, 4.69) is 15.3 Å². The number of aryl methyl sites for hydroxylation is 2. The molecule has 2 aromatic carbocycles. The zero-order chi connectivity index (χ0) is 23.5. The van der Waals surface area contributed by atoms with Gasteiger partial charge in [-0.25, -0.2) is 19.3 Å². The summed E-state index contributed by atoms with van der Waals surface area (Å²) in [4.78, 5) is 13.8. The number of anilines is 1. The monoisotopic (exact) mass is 463 g/mol. The third-order valence-electron chi connectivity index (χ3n) is 6.00. The first kappa shape index (κ1) is 22.4. The largest absolute Gasteiger partial charge is 0.394 e. The summed E-state index contributed by atoms with van der Waals surface area (Å²) in [6, 6.07) is 20.0. The first-order valence-corrected chi connectivity index (χ1v) is 11.3. The lowest BCUT2D eigenvalue weighted by Crippen LogP contribution is -2.30. The zero-order valence-corrected chi connectivity index (χ0v) is 18.5. The SMILES string of the molecule is OC[C@H]1O[C@@H](n2cnc3c(NCc4ccccc4)nc(CCc4ccccc4)nc32)[C@@H](F)[C@@H]1O. The first-order chi connectivity index (χ1) is 16.6. The average Bonchev–Trinajstić information content (AvgIpc) is 3.43. The summed E-state index contributed by atoms with van der Waals surface area (Å²) in [5.74, 6) is 1.13. The molecule has 3 N–H and O–H groups in total. The molecule has 9 heteroatoms. The number of hydrogen-bond donors (Lipinski definition) is 3. The number of aliphatic hydroxyl groups is 2. The lowest BCUT2D eigenvalue weighted by Gasteiger charge is -2.16. The average molecular weight is 464 g/mol. The maximum absolute atomic E-state index is 14.9. The van der Waals surface area contributed by atoms with E-state index in [1.807, 2.05) is 60.7 Å². The van der Waals surface area contributed by atoms with E-state index in [0.717, 1.165) is 17.5 Å². The van der Waals surface area contributed by atoms with Crippen molar-refractivity contribution >= 4 is 17.0 Å². The second-order valence-electron chi connectivity index (χ2n) is 8.32. The van der Waals surface area contributed by atoms with E-state index < -0.39 is 31.2 Å². The molecule has 5 rings (SSSR count). The number of benzene rings is 2. The number of fused-ring (bicyclic) bond motifs is 1. The summed E-state index contributed by atoms with van der Waals surface area (Å²) in [5.41, 5.74) is 3.14. The lowest BCUT2D eigenvalue weighted by atomic mass is 10.1. The van der Waals surface area contributed by atoms with Crippen molar-refractivity contribution < 1.29 is 19.3 Å². The molecule has 0 spiro atoms. The molecule has 176 valence electrons. The summed E-state index contributed by atoms with van der Waals surface area (Å²) >= 11 is 0. The van der Waals surface area contributed by atoms with Crippen molar-refractivity contribution in [1.82, 2.24) is 19.5 Å². The number of nitrogens with zero attached hydrogens (tertiary/aromatic N) is 4. The van der Waals surface area contributed by atoms with Crippen molar-refractivity contribution in [3.63, 3.8) is 0 Å². The van der Waals surface area contributed by atoms with E-state index in [0.29, 0.717) is 35.8 Å². The van der Waals surface area contributed by atoms with Crippen LogP contribution < -0.4 is 5.32 Å². The highest BCUT2D eigenvalue weighted by atomic mass is 19.1. The van der Waals surface area contributed by atoms with Crippen LogP contribution in [-0.4, -0.2) is 54.7 Å². The molecule has 34 heavy (non-hydrogen) atoms. The number of rotatable bonds is 8. The number of imidazole rings is 1. The number of ether oxygens (including phenoxy) is 1. The third kappa shape index (κ3) is 4.50. The van der Waals surface area contributed by atoms with Crippen molar-refractivity contribution in [3.05, 3.63) is 83.9 Å². The minimum atomic E-state index is -1.72. The molecule has 3 heterocycles. The number of halogens is 1. The highest BCUT2D eigenvalue weighted by Gasteiger charge is 2.45. The summed E-state index contributed by atoms with van der Waals surface area (Å²) in [7, 11) is 0. The second kappa shape index (κ2) is 9.84. The minimum absolute atomic E-state index is 0.409. The van der Waals surface area contributed by atoms with E-state index in [-0.39, 0.29) is 0 Å². The van der Waals surface area contributed by atoms with Crippen molar-refractivity contribution in [3.8, 4) is 0 Å². The fourth-order valence-corrected chi connectivity index (χ4v) is 4.14. The molecule has 0 amide bonds. The Morgan fingerprint density at radius 2 is 1.68 bits per heavy atom. The molecular weight excluding hydrogens is 437 g/mol. The van der Waals surface area contributed by atoms with Gasteiger partial charge in [0.1, 0.15) is 18.0 Å². The molecule has 8 nitrogen and oxygen atoms in total. The molecule has 1 aliphatic heterocycles. The predicted molar refractivity (Wildman–Crippen MR) is 125 cm³/mol. The van der Waals surface area contributed by atoms with Crippen molar-refractivity contribution in [2.75, 3.05) is 11.9 Å². The normalized spacial score (nSPS) is 22.3. The lowest BCUT2D eigenvalue weighted by molar-refractivity contribution is -0.0459. The van der Waals surface area contributed by atoms with Gasteiger partial charge in [-0.1, -0.05) is 60.7 Å². The van der Waals surface area contributed by atoms with Crippen LogP contribution in [0.4, 0.5) is 10.2 Å². The highest BCUT2D eigenvalue weighted by molar-refractivity contribution is 5.83. The molecule has 0 radical (unpaired) electrons. The number of nitrogens with one attached hydrogen (secondary N) is 1. The Hall–Kier alpha value is -3.40. The van der Waals surface area contributed by atoms with Gasteiger partial charge in [0.15, 0.2) is 29.4 Å². The fraction of sp³-hybridized carbons (Fsp3) is 0.320. The number of aromatic nitrogens is 4. The maximum atomic E-state index is 14.9. The Morgan fingerprint density at radius 1 is 0.971 bits per heavy atom. The molecule has 4 atom stereocenters. The van der Waals surface area contributed by atoms with Gasteiger partial charge in [-0.15, -0.1) is 0 Å². The van der Waals surface area contributed by atoms with Gasteiger partial charge in [-0.3, -0.25) is 4.57 Å². The summed E-state index contributed by atoms with van der Waals surface area (Å²) in [6.45, 7) is 0.0564. The topological polar surface area (TPSA) is 105 Å². The van der Waals surface area contributed by atoms with Crippen LogP contribution in [0.3, 0.4) is 0 Å². The van der Waals surface area contributed by atoms with Gasteiger partial charge in [0.25, 0.3) is 0 Å². The molecule has 4 aromatic rings. The number of alkyl halides is 1. The fourth-order valence-electron chi connectivity index (χ4n) is 4.14. The molecule has 1 aliphatic rings. The minimum Gasteiger partial charge on any atom is -0.394 e. The molecule has 0 unspecified atom stereocenters. The number of hydrogen-bond acceptors (Lipinski definition) is 7. The molecule has 0 saturated carbocycles. The van der Waals surface area contributed by atoms with Crippen LogP contribution in [0.1, 0.15) is 23.2 Å². The van der Waals surface area contributed by atoms with E-state index in [1.165, 1.54) is 10.9 Å². The third-order valence-corrected chi connectivity index (χ3v) is 6.00. The van der Waals surface area contributed by atoms with Gasteiger partial charge in [-0.05, 0) is 17.5 Å². The molecule has 0 aliphatic carbocycles. The van der Waals surface area contributed by atoms with Gasteiger partial charge >= 0.3 is 0 Å². The quantitative estimate of drug-likeness (QED) is 0.369. The summed E-state index contributed by atoms with van der Waals surface area (Å²) in [6.07, 6.45) is -2.53. The van der Waals surface area contributed by atoms with Crippen LogP contribution in [0.2, 0.25) is 0 Å². The zero-order valence-electron chi connectivity index (χ0n) is 18.5. The Morgan fingerprint density at radius 3 is 2.35 bits per heavy atom. The highest BCUT2D eigenvalue weighted by Crippen LogP contribution is 2.34. The van der Waals surface area contributed by atoms with E-state index in [4.69, 9.17) is 9.72 Å². The molecule has 1 saturated heterocycles. The molecule has 2 aromatic heterocycles. The Balaban J connectivity index is 1.49. The predicted octanol–water partition coefficient (Wildman–Crippen LogP) is 2.81.